The first kappa shape index (κ1) is 21.7. The van der Waals surface area contributed by atoms with Crippen LogP contribution in [-0.2, 0) is 9.53 Å². The molecule has 1 saturated heterocycles. The number of morpholine rings is 1. The van der Waals surface area contributed by atoms with Crippen LogP contribution in [-0.4, -0.2) is 99.2 Å². The number of nitrogens with one attached hydrogen (secondary N) is 1. The summed E-state index contributed by atoms with van der Waals surface area (Å²) < 4.78 is 5.37. The minimum atomic E-state index is 0.144. The highest BCUT2D eigenvalue weighted by molar-refractivity contribution is 5.86. The molecule has 146 valence electrons. The number of carbonyl (C=O) groups is 1. The van der Waals surface area contributed by atoms with E-state index in [0.29, 0.717) is 6.54 Å². The summed E-state index contributed by atoms with van der Waals surface area (Å²) in [6.07, 6.45) is 2.20. The molecule has 0 spiro atoms. The number of carbonyl (C=O) groups excluding carboxylic acids is 1. The van der Waals surface area contributed by atoms with Gasteiger partial charge in [-0.3, -0.25) is 14.7 Å². The smallest absolute Gasteiger partial charge is 0.242 e. The second-order valence-corrected chi connectivity index (χ2v) is 6.32. The summed E-state index contributed by atoms with van der Waals surface area (Å²) in [7, 11) is 1.93. The van der Waals surface area contributed by atoms with E-state index < -0.39 is 0 Å². The topological polar surface area (TPSA) is 60.4 Å². The van der Waals surface area contributed by atoms with Crippen LogP contribution in [0, 0.1) is 0 Å². The van der Waals surface area contributed by atoms with Gasteiger partial charge in [0.05, 0.1) is 19.8 Å². The van der Waals surface area contributed by atoms with Crippen molar-refractivity contribution in [2.75, 3.05) is 72.6 Å². The van der Waals surface area contributed by atoms with E-state index in [1.807, 2.05) is 37.6 Å². The summed E-state index contributed by atoms with van der Waals surface area (Å²) in [6, 6.07) is 0. The van der Waals surface area contributed by atoms with Crippen molar-refractivity contribution in [3.05, 3.63) is 0 Å². The van der Waals surface area contributed by atoms with Crippen molar-refractivity contribution in [1.82, 2.24) is 20.0 Å². The second-order valence-electron chi connectivity index (χ2n) is 6.32. The Morgan fingerprint density at radius 1 is 1.16 bits per heavy atom. The lowest BCUT2D eigenvalue weighted by Gasteiger charge is -2.26. The first-order chi connectivity index (χ1) is 12.1. The Balaban J connectivity index is 2.37. The zero-order valence-corrected chi connectivity index (χ0v) is 16.6. The van der Waals surface area contributed by atoms with Crippen molar-refractivity contribution in [2.24, 2.45) is 4.99 Å². The fourth-order valence-electron chi connectivity index (χ4n) is 2.88. The Morgan fingerprint density at radius 3 is 2.44 bits per heavy atom. The molecular formula is C18H37N5O2. The van der Waals surface area contributed by atoms with Crippen LogP contribution in [0.2, 0.25) is 0 Å². The van der Waals surface area contributed by atoms with Gasteiger partial charge in [0.1, 0.15) is 0 Å². The van der Waals surface area contributed by atoms with E-state index in [-0.39, 0.29) is 5.91 Å². The summed E-state index contributed by atoms with van der Waals surface area (Å²) in [5, 5.41) is 3.28. The van der Waals surface area contributed by atoms with Crippen LogP contribution < -0.4 is 5.32 Å². The normalized spacial score (nSPS) is 15.9. The Bertz CT molecular complexity index is 393. The number of ether oxygens (including phenoxy) is 1. The lowest BCUT2D eigenvalue weighted by Crippen LogP contribution is -2.45. The predicted molar refractivity (Wildman–Crippen MR) is 103 cm³/mol. The fraction of sp³-hybridized carbons (Fsp3) is 0.889. The molecule has 0 radical (unpaired) electrons. The maximum absolute atomic E-state index is 12.3. The highest BCUT2D eigenvalue weighted by atomic mass is 16.5. The molecule has 1 heterocycles. The minimum absolute atomic E-state index is 0.144. The van der Waals surface area contributed by atoms with Gasteiger partial charge in [0.25, 0.3) is 0 Å². The summed E-state index contributed by atoms with van der Waals surface area (Å²) in [6.45, 7) is 14.4. The zero-order chi connectivity index (χ0) is 18.5. The van der Waals surface area contributed by atoms with Crippen molar-refractivity contribution in [1.29, 1.82) is 0 Å². The molecule has 0 aromatic carbocycles. The highest BCUT2D eigenvalue weighted by Gasteiger charge is 2.15. The van der Waals surface area contributed by atoms with Crippen molar-refractivity contribution in [3.8, 4) is 0 Å². The number of unbranched alkanes of at least 4 members (excludes halogenated alkanes) is 1. The monoisotopic (exact) mass is 355 g/mol. The van der Waals surface area contributed by atoms with E-state index in [2.05, 4.69) is 15.2 Å². The van der Waals surface area contributed by atoms with Crippen LogP contribution in [0.5, 0.6) is 0 Å². The van der Waals surface area contributed by atoms with Crippen LogP contribution >= 0.6 is 0 Å². The van der Waals surface area contributed by atoms with Crippen LogP contribution in [0.15, 0.2) is 4.99 Å². The van der Waals surface area contributed by atoms with Gasteiger partial charge < -0.3 is 19.9 Å². The zero-order valence-electron chi connectivity index (χ0n) is 16.6. The average Bonchev–Trinajstić information content (AvgIpc) is 2.62. The van der Waals surface area contributed by atoms with Gasteiger partial charge in [-0.1, -0.05) is 0 Å². The molecule has 1 rings (SSSR count). The lowest BCUT2D eigenvalue weighted by molar-refractivity contribution is -0.131. The van der Waals surface area contributed by atoms with Crippen LogP contribution in [0.3, 0.4) is 0 Å². The van der Waals surface area contributed by atoms with Crippen molar-refractivity contribution < 1.29 is 9.53 Å². The Labute approximate surface area is 153 Å². The molecule has 0 unspecified atom stereocenters. The molecule has 1 fully saturated rings. The molecule has 7 heteroatoms. The molecule has 0 bridgehead atoms. The van der Waals surface area contributed by atoms with Gasteiger partial charge >= 0.3 is 0 Å². The van der Waals surface area contributed by atoms with Gasteiger partial charge in [-0.25, -0.2) is 0 Å². The quantitative estimate of drug-likeness (QED) is 0.358. The summed E-state index contributed by atoms with van der Waals surface area (Å²) in [4.78, 5) is 23.2. The molecule has 1 aliphatic heterocycles. The molecular weight excluding hydrogens is 318 g/mol. The molecule has 0 atom stereocenters. The number of rotatable bonds is 10. The summed E-state index contributed by atoms with van der Waals surface area (Å²) in [5.74, 6) is 0.958. The molecule has 7 nitrogen and oxygen atoms in total. The standard InChI is InChI=1S/C18H37N5O2/c1-5-19-18(21(4)16-17(24)23(6-2)7-3)20-10-8-9-11-22-12-14-25-15-13-22/h5-16H2,1-4H3,(H,19,20). The minimum Gasteiger partial charge on any atom is -0.379 e. The third-order valence-electron chi connectivity index (χ3n) is 4.43. The van der Waals surface area contributed by atoms with Gasteiger partial charge in [0.15, 0.2) is 5.96 Å². The number of hydrogen-bond donors (Lipinski definition) is 1. The molecule has 0 aromatic heterocycles. The lowest BCUT2D eigenvalue weighted by atomic mass is 10.3. The number of nitrogens with zero attached hydrogens (tertiary/aromatic N) is 4. The third kappa shape index (κ3) is 8.54. The number of likely N-dealkylation sites (N-methyl/N-ethyl adjacent to an activating group) is 2. The van der Waals surface area contributed by atoms with Crippen LogP contribution in [0.4, 0.5) is 0 Å². The first-order valence-corrected chi connectivity index (χ1v) is 9.69. The maximum atomic E-state index is 12.3. The fourth-order valence-corrected chi connectivity index (χ4v) is 2.88. The van der Waals surface area contributed by atoms with E-state index >= 15 is 0 Å². The van der Waals surface area contributed by atoms with Gasteiger partial charge in [-0.05, 0) is 40.2 Å². The SMILES string of the molecule is CCNC(=NCCCCN1CCOCC1)N(C)CC(=O)N(CC)CC. The van der Waals surface area contributed by atoms with E-state index in [9.17, 15) is 4.79 Å². The van der Waals surface area contributed by atoms with E-state index in [1.54, 1.807) is 0 Å². The number of aliphatic imine (C=N–C) groups is 1. The molecule has 25 heavy (non-hydrogen) atoms. The Hall–Kier alpha value is -1.34. The van der Waals surface area contributed by atoms with Gasteiger partial charge in [-0.2, -0.15) is 0 Å². The van der Waals surface area contributed by atoms with Gasteiger partial charge in [-0.15, -0.1) is 0 Å². The van der Waals surface area contributed by atoms with Crippen LogP contribution in [0.25, 0.3) is 0 Å². The molecule has 0 aromatic rings. The number of hydrogen-bond acceptors (Lipinski definition) is 4. The molecule has 0 aliphatic carbocycles. The molecule has 0 saturated carbocycles. The highest BCUT2D eigenvalue weighted by Crippen LogP contribution is 2.01. The second kappa shape index (κ2) is 12.9. The van der Waals surface area contributed by atoms with E-state index in [0.717, 1.165) is 77.8 Å². The molecule has 1 aliphatic rings. The van der Waals surface area contributed by atoms with Gasteiger partial charge in [0.2, 0.25) is 5.91 Å². The Kier molecular flexibility index (Phi) is 11.2. The first-order valence-electron chi connectivity index (χ1n) is 9.69. The summed E-state index contributed by atoms with van der Waals surface area (Å²) >= 11 is 0. The number of guanidine groups is 1. The largest absolute Gasteiger partial charge is 0.379 e. The molecule has 1 amide bonds. The van der Waals surface area contributed by atoms with Crippen molar-refractivity contribution in [3.63, 3.8) is 0 Å². The van der Waals surface area contributed by atoms with Crippen molar-refractivity contribution >= 4 is 11.9 Å². The Morgan fingerprint density at radius 2 is 1.84 bits per heavy atom. The van der Waals surface area contributed by atoms with E-state index in [1.165, 1.54) is 0 Å². The van der Waals surface area contributed by atoms with E-state index in [4.69, 9.17) is 4.74 Å². The van der Waals surface area contributed by atoms with Crippen LogP contribution in [0.1, 0.15) is 33.6 Å². The van der Waals surface area contributed by atoms with Gasteiger partial charge in [0, 0.05) is 46.3 Å². The maximum Gasteiger partial charge on any atom is 0.242 e. The number of amides is 1. The average molecular weight is 356 g/mol. The third-order valence-corrected chi connectivity index (χ3v) is 4.43. The van der Waals surface area contributed by atoms with Crippen molar-refractivity contribution in [2.45, 2.75) is 33.6 Å². The predicted octanol–water partition coefficient (Wildman–Crippen LogP) is 0.865. The summed E-state index contributed by atoms with van der Waals surface area (Å²) in [5.41, 5.74) is 0. The molecule has 1 N–H and O–H groups in total.